The number of rotatable bonds is 3. The zero-order valence-electron chi connectivity index (χ0n) is 10.6. The lowest BCUT2D eigenvalue weighted by Crippen LogP contribution is -2.56. The number of aromatic nitrogens is 2. The minimum atomic E-state index is 0.353. The summed E-state index contributed by atoms with van der Waals surface area (Å²) < 4.78 is 7.62. The molecule has 1 aromatic rings. The lowest BCUT2D eigenvalue weighted by molar-refractivity contribution is 0.0576. The van der Waals surface area contributed by atoms with Gasteiger partial charge in [0, 0.05) is 42.9 Å². The van der Waals surface area contributed by atoms with Gasteiger partial charge >= 0.3 is 0 Å². The summed E-state index contributed by atoms with van der Waals surface area (Å²) in [5.41, 5.74) is 1.67. The van der Waals surface area contributed by atoms with Gasteiger partial charge in [0.1, 0.15) is 0 Å². The Bertz CT molecular complexity index is 393. The molecule has 1 spiro atoms. The summed E-state index contributed by atoms with van der Waals surface area (Å²) in [5.74, 6) is 0.640. The molecule has 1 N–H and O–H groups in total. The summed E-state index contributed by atoms with van der Waals surface area (Å²) in [6.45, 7) is 8.34. The van der Waals surface area contributed by atoms with E-state index in [-0.39, 0.29) is 0 Å². The Morgan fingerprint density at radius 3 is 3.12 bits per heavy atom. The topological polar surface area (TPSA) is 39.1 Å². The van der Waals surface area contributed by atoms with Crippen molar-refractivity contribution in [3.63, 3.8) is 0 Å². The minimum Gasteiger partial charge on any atom is -0.381 e. The van der Waals surface area contributed by atoms with E-state index in [9.17, 15) is 0 Å². The lowest BCUT2D eigenvalue weighted by atomic mass is 9.71. The predicted molar refractivity (Wildman–Crippen MR) is 65.7 cm³/mol. The van der Waals surface area contributed by atoms with E-state index in [1.807, 2.05) is 6.20 Å². The summed E-state index contributed by atoms with van der Waals surface area (Å²) >= 11 is 0. The van der Waals surface area contributed by atoms with Gasteiger partial charge in [-0.05, 0) is 12.3 Å². The zero-order chi connectivity index (χ0) is 11.9. The van der Waals surface area contributed by atoms with Gasteiger partial charge < -0.3 is 10.1 Å². The van der Waals surface area contributed by atoms with Crippen LogP contribution in [-0.2, 0) is 11.3 Å². The maximum Gasteiger partial charge on any atom is 0.0553 e. The molecule has 1 aromatic heterocycles. The molecular formula is C13H21N3O. The highest BCUT2D eigenvalue weighted by Gasteiger charge is 2.50. The molecule has 2 aliphatic heterocycles. The average Bonchev–Trinajstić information content (AvgIpc) is 2.85. The van der Waals surface area contributed by atoms with E-state index in [0.29, 0.717) is 17.4 Å². The molecule has 2 saturated heterocycles. The largest absolute Gasteiger partial charge is 0.381 e. The van der Waals surface area contributed by atoms with Gasteiger partial charge in [0.2, 0.25) is 0 Å². The molecule has 0 bridgehead atoms. The van der Waals surface area contributed by atoms with Gasteiger partial charge in [0.05, 0.1) is 12.8 Å². The van der Waals surface area contributed by atoms with Crippen molar-refractivity contribution in [1.82, 2.24) is 15.1 Å². The van der Waals surface area contributed by atoms with Crippen LogP contribution in [0.3, 0.4) is 0 Å². The lowest BCUT2D eigenvalue weighted by Gasteiger charge is -2.46. The quantitative estimate of drug-likeness (QED) is 0.864. The third-order valence-electron chi connectivity index (χ3n) is 3.94. The molecule has 2 unspecified atom stereocenters. The molecule has 0 amide bonds. The van der Waals surface area contributed by atoms with Crippen molar-refractivity contribution in [2.75, 3.05) is 19.8 Å². The summed E-state index contributed by atoms with van der Waals surface area (Å²) in [7, 11) is 0. The molecule has 0 radical (unpaired) electrons. The second-order valence-corrected chi connectivity index (χ2v) is 5.87. The smallest absolute Gasteiger partial charge is 0.0553 e. The molecular weight excluding hydrogens is 214 g/mol. The van der Waals surface area contributed by atoms with E-state index >= 15 is 0 Å². The Morgan fingerprint density at radius 1 is 1.65 bits per heavy atom. The molecule has 94 valence electrons. The molecule has 0 aromatic carbocycles. The average molecular weight is 235 g/mol. The fourth-order valence-electron chi connectivity index (χ4n) is 2.96. The molecule has 2 atom stereocenters. The van der Waals surface area contributed by atoms with Crippen LogP contribution in [0.15, 0.2) is 12.4 Å². The van der Waals surface area contributed by atoms with Gasteiger partial charge in [-0.1, -0.05) is 13.8 Å². The second kappa shape index (κ2) is 4.10. The van der Waals surface area contributed by atoms with Crippen molar-refractivity contribution in [2.45, 2.75) is 32.9 Å². The van der Waals surface area contributed by atoms with Crippen molar-refractivity contribution < 1.29 is 4.74 Å². The Kier molecular flexibility index (Phi) is 2.71. The summed E-state index contributed by atoms with van der Waals surface area (Å²) in [5, 5.41) is 7.98. The number of hydrogen-bond acceptors (Lipinski definition) is 3. The second-order valence-electron chi connectivity index (χ2n) is 5.87. The van der Waals surface area contributed by atoms with E-state index in [4.69, 9.17) is 4.74 Å². The molecule has 2 aliphatic rings. The molecule has 17 heavy (non-hydrogen) atoms. The van der Waals surface area contributed by atoms with Gasteiger partial charge in [-0.15, -0.1) is 0 Å². The van der Waals surface area contributed by atoms with Crippen LogP contribution in [0.5, 0.6) is 0 Å². The first-order valence-electron chi connectivity index (χ1n) is 6.53. The minimum absolute atomic E-state index is 0.353. The van der Waals surface area contributed by atoms with E-state index in [1.54, 1.807) is 0 Å². The Labute approximate surface area is 102 Å². The molecule has 0 saturated carbocycles. The summed E-state index contributed by atoms with van der Waals surface area (Å²) in [6.07, 6.45) is 5.39. The van der Waals surface area contributed by atoms with Crippen LogP contribution in [0, 0.1) is 11.3 Å². The molecule has 4 nitrogen and oxygen atoms in total. The summed E-state index contributed by atoms with van der Waals surface area (Å²) in [6, 6.07) is 0.450. The summed E-state index contributed by atoms with van der Waals surface area (Å²) in [4.78, 5) is 0. The third-order valence-corrected chi connectivity index (χ3v) is 3.94. The highest BCUT2D eigenvalue weighted by atomic mass is 16.5. The normalized spacial score (nSPS) is 32.3. The highest BCUT2D eigenvalue weighted by Crippen LogP contribution is 2.46. The first-order chi connectivity index (χ1) is 8.20. The number of hydrogen-bond donors (Lipinski definition) is 1. The Hall–Kier alpha value is -0.870. The maximum absolute atomic E-state index is 5.56. The first-order valence-corrected chi connectivity index (χ1v) is 6.53. The van der Waals surface area contributed by atoms with Crippen molar-refractivity contribution in [1.29, 1.82) is 0 Å². The first kappa shape index (κ1) is 11.2. The van der Waals surface area contributed by atoms with Crippen LogP contribution >= 0.6 is 0 Å². The Morgan fingerprint density at radius 2 is 2.53 bits per heavy atom. The zero-order valence-corrected chi connectivity index (χ0v) is 10.6. The number of nitrogens with one attached hydrogen (secondary N) is 1. The van der Waals surface area contributed by atoms with Crippen LogP contribution in [0.1, 0.15) is 31.9 Å². The molecule has 0 aliphatic carbocycles. The maximum atomic E-state index is 5.56. The molecule has 2 fully saturated rings. The third kappa shape index (κ3) is 1.89. The van der Waals surface area contributed by atoms with E-state index in [2.05, 4.69) is 35.1 Å². The van der Waals surface area contributed by atoms with Gasteiger partial charge in [0.15, 0.2) is 0 Å². The van der Waals surface area contributed by atoms with Crippen molar-refractivity contribution in [3.05, 3.63) is 18.0 Å². The van der Waals surface area contributed by atoms with Crippen LogP contribution < -0.4 is 5.32 Å². The van der Waals surface area contributed by atoms with Gasteiger partial charge in [0.25, 0.3) is 0 Å². The fourth-order valence-corrected chi connectivity index (χ4v) is 2.96. The molecule has 3 rings (SSSR count). The number of nitrogens with zero attached hydrogens (tertiary/aromatic N) is 2. The van der Waals surface area contributed by atoms with Crippen molar-refractivity contribution in [2.24, 2.45) is 11.3 Å². The van der Waals surface area contributed by atoms with Gasteiger partial charge in [-0.25, -0.2) is 0 Å². The van der Waals surface area contributed by atoms with Crippen LogP contribution in [0.4, 0.5) is 0 Å². The van der Waals surface area contributed by atoms with Crippen LogP contribution in [0.2, 0.25) is 0 Å². The molecule has 4 heteroatoms. The SMILES string of the molecule is CC(C)Cn1cc(C2NCC23CCOC3)cn1. The van der Waals surface area contributed by atoms with E-state index in [1.165, 1.54) is 12.0 Å². The van der Waals surface area contributed by atoms with Crippen molar-refractivity contribution >= 4 is 0 Å². The Balaban J connectivity index is 1.74. The van der Waals surface area contributed by atoms with Crippen LogP contribution in [0.25, 0.3) is 0 Å². The number of ether oxygens (including phenoxy) is 1. The highest BCUT2D eigenvalue weighted by molar-refractivity contribution is 5.21. The van der Waals surface area contributed by atoms with Crippen LogP contribution in [-0.4, -0.2) is 29.5 Å². The van der Waals surface area contributed by atoms with E-state index in [0.717, 1.165) is 26.3 Å². The van der Waals surface area contributed by atoms with Gasteiger partial charge in [-0.3, -0.25) is 4.68 Å². The van der Waals surface area contributed by atoms with E-state index < -0.39 is 0 Å². The predicted octanol–water partition coefficient (Wildman–Crippen LogP) is 1.59. The van der Waals surface area contributed by atoms with Gasteiger partial charge in [-0.2, -0.15) is 5.10 Å². The monoisotopic (exact) mass is 235 g/mol. The standard InChI is InChI=1S/C13H21N3O/c1-10(2)6-16-7-11(5-15-16)12-13(8-14-12)3-4-17-9-13/h5,7,10,12,14H,3-4,6,8-9H2,1-2H3. The fraction of sp³-hybridized carbons (Fsp3) is 0.769. The van der Waals surface area contributed by atoms with Crippen molar-refractivity contribution in [3.8, 4) is 0 Å². The molecule has 3 heterocycles.